The van der Waals surface area contributed by atoms with Crippen LogP contribution in [0.5, 0.6) is 0 Å². The maximum absolute atomic E-state index is 12.0. The maximum Gasteiger partial charge on any atom is 0.220 e. The first-order valence-electron chi connectivity index (χ1n) is 8.21. The quantitative estimate of drug-likeness (QED) is 0.823. The Morgan fingerprint density at radius 2 is 2.17 bits per heavy atom. The Kier molecular flexibility index (Phi) is 7.21. The van der Waals surface area contributed by atoms with Crippen molar-refractivity contribution in [1.82, 2.24) is 15.6 Å². The molecule has 3 rings (SSSR count). The van der Waals surface area contributed by atoms with Crippen LogP contribution in [0.1, 0.15) is 29.8 Å². The van der Waals surface area contributed by atoms with Gasteiger partial charge in [-0.1, -0.05) is 30.3 Å². The molecule has 4 nitrogen and oxygen atoms in total. The first-order chi connectivity index (χ1) is 11.2. The topological polar surface area (TPSA) is 54.0 Å². The average Bonchev–Trinajstić information content (AvgIpc) is 3.21. The van der Waals surface area contributed by atoms with Crippen LogP contribution in [-0.2, 0) is 11.3 Å². The normalized spacial score (nSPS) is 16.6. The molecular weight excluding hydrogens is 342 g/mol. The molecule has 1 atom stereocenters. The zero-order valence-electron chi connectivity index (χ0n) is 13.9. The standard InChI is InChI=1S/C18H23N3OS.ClH/c1-13-16(23-18(21-13)15-5-3-2-4-6-15)12-20-17(22)8-7-14-9-10-19-11-14;/h2-6,14,19H,7-12H2,1H3,(H,20,22);1H. The summed E-state index contributed by atoms with van der Waals surface area (Å²) in [5.74, 6) is 0.807. The molecule has 1 amide bonds. The van der Waals surface area contributed by atoms with Crippen LogP contribution < -0.4 is 10.6 Å². The molecule has 1 aromatic carbocycles. The van der Waals surface area contributed by atoms with Gasteiger partial charge in [0.15, 0.2) is 0 Å². The lowest BCUT2D eigenvalue weighted by Gasteiger charge is -2.08. The van der Waals surface area contributed by atoms with Gasteiger partial charge < -0.3 is 10.6 Å². The number of carbonyl (C=O) groups is 1. The van der Waals surface area contributed by atoms with Gasteiger partial charge in [0.2, 0.25) is 5.91 Å². The number of benzene rings is 1. The molecule has 0 spiro atoms. The lowest BCUT2D eigenvalue weighted by Crippen LogP contribution is -2.23. The van der Waals surface area contributed by atoms with Crippen molar-refractivity contribution in [2.24, 2.45) is 5.92 Å². The highest BCUT2D eigenvalue weighted by molar-refractivity contribution is 7.15. The number of amides is 1. The summed E-state index contributed by atoms with van der Waals surface area (Å²) in [6, 6.07) is 10.2. The van der Waals surface area contributed by atoms with E-state index >= 15 is 0 Å². The van der Waals surface area contributed by atoms with Gasteiger partial charge in [0.1, 0.15) is 5.01 Å². The molecule has 2 N–H and O–H groups in total. The molecule has 6 heteroatoms. The third kappa shape index (κ3) is 5.03. The molecule has 1 aromatic heterocycles. The molecule has 2 heterocycles. The summed E-state index contributed by atoms with van der Waals surface area (Å²) in [5, 5.41) is 7.40. The number of hydrogen-bond acceptors (Lipinski definition) is 4. The van der Waals surface area contributed by atoms with E-state index in [9.17, 15) is 4.79 Å². The van der Waals surface area contributed by atoms with E-state index in [1.165, 1.54) is 6.42 Å². The molecule has 2 aromatic rings. The number of aryl methyl sites for hydroxylation is 1. The summed E-state index contributed by atoms with van der Waals surface area (Å²) in [6.07, 6.45) is 2.80. The second kappa shape index (κ2) is 9.16. The van der Waals surface area contributed by atoms with Crippen LogP contribution in [0.25, 0.3) is 10.6 Å². The lowest BCUT2D eigenvalue weighted by molar-refractivity contribution is -0.121. The van der Waals surface area contributed by atoms with Crippen molar-refractivity contribution in [2.45, 2.75) is 32.7 Å². The first-order valence-corrected chi connectivity index (χ1v) is 9.03. The van der Waals surface area contributed by atoms with Gasteiger partial charge in [-0.25, -0.2) is 4.98 Å². The molecule has 1 aliphatic rings. The SMILES string of the molecule is Cc1nc(-c2ccccc2)sc1CNC(=O)CCC1CCNC1.Cl. The first kappa shape index (κ1) is 18.9. The van der Waals surface area contributed by atoms with Gasteiger partial charge in [-0.15, -0.1) is 23.7 Å². The van der Waals surface area contributed by atoms with Crippen LogP contribution in [-0.4, -0.2) is 24.0 Å². The largest absolute Gasteiger partial charge is 0.351 e. The highest BCUT2D eigenvalue weighted by atomic mass is 35.5. The summed E-state index contributed by atoms with van der Waals surface area (Å²) in [5.41, 5.74) is 2.14. The number of thiazole rings is 1. The summed E-state index contributed by atoms with van der Waals surface area (Å²) in [7, 11) is 0. The highest BCUT2D eigenvalue weighted by Gasteiger charge is 2.16. The number of nitrogens with one attached hydrogen (secondary N) is 2. The van der Waals surface area contributed by atoms with Gasteiger partial charge in [-0.3, -0.25) is 4.79 Å². The number of hydrogen-bond donors (Lipinski definition) is 2. The molecule has 1 aliphatic heterocycles. The molecule has 1 unspecified atom stereocenters. The van der Waals surface area contributed by atoms with Crippen molar-refractivity contribution < 1.29 is 4.79 Å². The van der Waals surface area contributed by atoms with E-state index in [0.717, 1.165) is 40.7 Å². The van der Waals surface area contributed by atoms with Crippen molar-refractivity contribution in [1.29, 1.82) is 0 Å². The number of aromatic nitrogens is 1. The summed E-state index contributed by atoms with van der Waals surface area (Å²) in [6.45, 7) is 4.74. The van der Waals surface area contributed by atoms with Crippen LogP contribution >= 0.6 is 23.7 Å². The zero-order valence-corrected chi connectivity index (χ0v) is 15.5. The molecule has 130 valence electrons. The number of carbonyl (C=O) groups excluding carboxylic acids is 1. The average molecular weight is 366 g/mol. The molecule has 1 saturated heterocycles. The second-order valence-electron chi connectivity index (χ2n) is 6.07. The monoisotopic (exact) mass is 365 g/mol. The van der Waals surface area contributed by atoms with Crippen molar-refractivity contribution in [3.63, 3.8) is 0 Å². The molecule has 24 heavy (non-hydrogen) atoms. The third-order valence-corrected chi connectivity index (χ3v) is 5.51. The smallest absolute Gasteiger partial charge is 0.220 e. The van der Waals surface area contributed by atoms with Crippen LogP contribution in [0.15, 0.2) is 30.3 Å². The Morgan fingerprint density at radius 3 is 2.88 bits per heavy atom. The number of halogens is 1. The van der Waals surface area contributed by atoms with E-state index in [2.05, 4.69) is 27.8 Å². The van der Waals surface area contributed by atoms with Crippen LogP contribution in [0.3, 0.4) is 0 Å². The zero-order chi connectivity index (χ0) is 16.1. The predicted molar refractivity (Wildman–Crippen MR) is 102 cm³/mol. The second-order valence-corrected chi connectivity index (χ2v) is 7.15. The van der Waals surface area contributed by atoms with Gasteiger partial charge in [-0.05, 0) is 38.8 Å². The number of nitrogens with zero attached hydrogens (tertiary/aromatic N) is 1. The Hall–Kier alpha value is -1.43. The fourth-order valence-electron chi connectivity index (χ4n) is 2.86. The van der Waals surface area contributed by atoms with Crippen molar-refractivity contribution in [3.8, 4) is 10.6 Å². The Bertz CT molecular complexity index is 654. The lowest BCUT2D eigenvalue weighted by atomic mass is 10.0. The Morgan fingerprint density at radius 1 is 1.38 bits per heavy atom. The van der Waals surface area contributed by atoms with Crippen LogP contribution in [0.2, 0.25) is 0 Å². The van der Waals surface area contributed by atoms with E-state index in [0.29, 0.717) is 18.9 Å². The van der Waals surface area contributed by atoms with E-state index in [1.54, 1.807) is 11.3 Å². The van der Waals surface area contributed by atoms with Gasteiger partial charge >= 0.3 is 0 Å². The van der Waals surface area contributed by atoms with Gasteiger partial charge in [0.05, 0.1) is 12.2 Å². The highest BCUT2D eigenvalue weighted by Crippen LogP contribution is 2.27. The number of rotatable bonds is 6. The fourth-order valence-corrected chi connectivity index (χ4v) is 3.87. The van der Waals surface area contributed by atoms with Crippen molar-refractivity contribution in [2.75, 3.05) is 13.1 Å². The molecule has 0 radical (unpaired) electrons. The summed E-state index contributed by atoms with van der Waals surface area (Å²) < 4.78 is 0. The minimum Gasteiger partial charge on any atom is -0.351 e. The Labute approximate surface area is 153 Å². The van der Waals surface area contributed by atoms with E-state index in [-0.39, 0.29) is 18.3 Å². The van der Waals surface area contributed by atoms with Gasteiger partial charge in [0.25, 0.3) is 0 Å². The van der Waals surface area contributed by atoms with Crippen molar-refractivity contribution >= 4 is 29.7 Å². The van der Waals surface area contributed by atoms with Gasteiger partial charge in [-0.2, -0.15) is 0 Å². The molecule has 1 fully saturated rings. The van der Waals surface area contributed by atoms with E-state index < -0.39 is 0 Å². The van der Waals surface area contributed by atoms with Crippen LogP contribution in [0, 0.1) is 12.8 Å². The van der Waals surface area contributed by atoms with Crippen LogP contribution in [0.4, 0.5) is 0 Å². The molecular formula is C18H24ClN3OS. The van der Waals surface area contributed by atoms with E-state index in [4.69, 9.17) is 0 Å². The molecule has 0 aliphatic carbocycles. The molecule has 0 bridgehead atoms. The maximum atomic E-state index is 12.0. The molecule has 0 saturated carbocycles. The van der Waals surface area contributed by atoms with Gasteiger partial charge in [0, 0.05) is 16.9 Å². The summed E-state index contributed by atoms with van der Waals surface area (Å²) in [4.78, 5) is 17.8. The predicted octanol–water partition coefficient (Wildman–Crippen LogP) is 3.55. The Balaban J connectivity index is 0.00000208. The fraction of sp³-hybridized carbons (Fsp3) is 0.444. The third-order valence-electron chi connectivity index (χ3n) is 4.30. The summed E-state index contributed by atoms with van der Waals surface area (Å²) >= 11 is 1.66. The van der Waals surface area contributed by atoms with Crippen molar-refractivity contribution in [3.05, 3.63) is 40.9 Å². The minimum absolute atomic E-state index is 0. The minimum atomic E-state index is 0. The van der Waals surface area contributed by atoms with E-state index in [1.807, 2.05) is 25.1 Å².